The second kappa shape index (κ2) is 8.19. The third-order valence-electron chi connectivity index (χ3n) is 3.89. The number of hydrogen-bond donors (Lipinski definition) is 1. The fourth-order valence-electron chi connectivity index (χ4n) is 2.79. The Morgan fingerprint density at radius 3 is 2.46 bits per heavy atom. The van der Waals surface area contributed by atoms with E-state index in [2.05, 4.69) is 0 Å². The Labute approximate surface area is 152 Å². The fourth-order valence-corrected chi connectivity index (χ4v) is 4.28. The van der Waals surface area contributed by atoms with Crippen LogP contribution >= 0.6 is 11.8 Å². The third kappa shape index (κ3) is 4.43. The lowest BCUT2D eigenvalue weighted by molar-refractivity contribution is -0.174. The lowest BCUT2D eigenvalue weighted by Gasteiger charge is -2.28. The monoisotopic (exact) mass is 396 g/mol. The highest BCUT2D eigenvalue weighted by Crippen LogP contribution is 2.45. The molecule has 2 unspecified atom stereocenters. The molecule has 2 aliphatic rings. The van der Waals surface area contributed by atoms with Gasteiger partial charge in [-0.25, -0.2) is 4.79 Å². The van der Waals surface area contributed by atoms with Gasteiger partial charge < -0.3 is 19.7 Å². The maximum atomic E-state index is 12.6. The molecule has 11 heteroatoms. The van der Waals surface area contributed by atoms with Crippen LogP contribution in [0, 0.1) is 5.92 Å². The largest absolute Gasteiger partial charge is 0.471 e. The van der Waals surface area contributed by atoms with E-state index >= 15 is 0 Å². The first-order valence-electron chi connectivity index (χ1n) is 8.03. The molecule has 26 heavy (non-hydrogen) atoms. The number of amides is 2. The Balaban J connectivity index is 2.19. The van der Waals surface area contributed by atoms with Gasteiger partial charge in [-0.15, -0.1) is 11.8 Å². The molecule has 2 aliphatic heterocycles. The first-order valence-corrected chi connectivity index (χ1v) is 8.91. The summed E-state index contributed by atoms with van der Waals surface area (Å²) >= 11 is 0.938. The SMILES string of the molecule is CCOC(=O)C1C2=C(CN(C(=O)OCC)CC2)SC1NC(=O)C(F)(F)F. The van der Waals surface area contributed by atoms with Gasteiger partial charge in [0.2, 0.25) is 0 Å². The molecule has 2 atom stereocenters. The summed E-state index contributed by atoms with van der Waals surface area (Å²) in [5, 5.41) is 0.726. The molecule has 2 heterocycles. The molecule has 2 amide bonds. The van der Waals surface area contributed by atoms with Gasteiger partial charge in [-0.2, -0.15) is 13.2 Å². The number of carbonyl (C=O) groups excluding carboxylic acids is 3. The van der Waals surface area contributed by atoms with Crippen molar-refractivity contribution in [3.8, 4) is 0 Å². The van der Waals surface area contributed by atoms with Crippen LogP contribution in [0.1, 0.15) is 20.3 Å². The van der Waals surface area contributed by atoms with Crippen molar-refractivity contribution in [3.05, 3.63) is 10.5 Å². The van der Waals surface area contributed by atoms with Crippen molar-refractivity contribution in [2.24, 2.45) is 5.92 Å². The van der Waals surface area contributed by atoms with Crippen LogP contribution in [-0.4, -0.2) is 60.7 Å². The van der Waals surface area contributed by atoms with E-state index in [-0.39, 0.29) is 26.3 Å². The van der Waals surface area contributed by atoms with Gasteiger partial charge in [0.15, 0.2) is 0 Å². The van der Waals surface area contributed by atoms with Crippen molar-refractivity contribution >= 4 is 29.7 Å². The smallest absolute Gasteiger partial charge is 0.465 e. The number of esters is 1. The molecular weight excluding hydrogens is 377 g/mol. The first-order chi connectivity index (χ1) is 12.2. The topological polar surface area (TPSA) is 84.9 Å². The van der Waals surface area contributed by atoms with Gasteiger partial charge in [0.05, 0.1) is 25.1 Å². The fraction of sp³-hybridized carbons (Fsp3) is 0.667. The van der Waals surface area contributed by atoms with Gasteiger partial charge >= 0.3 is 24.1 Å². The van der Waals surface area contributed by atoms with Crippen LogP contribution in [0.4, 0.5) is 18.0 Å². The number of rotatable bonds is 4. The second-order valence-electron chi connectivity index (χ2n) is 5.56. The lowest BCUT2D eigenvalue weighted by Crippen LogP contribution is -2.46. The summed E-state index contributed by atoms with van der Waals surface area (Å²) in [5.74, 6) is -3.82. The van der Waals surface area contributed by atoms with Gasteiger partial charge in [0.25, 0.3) is 0 Å². The summed E-state index contributed by atoms with van der Waals surface area (Å²) in [5.41, 5.74) is 0.599. The molecule has 0 radical (unpaired) electrons. The Kier molecular flexibility index (Phi) is 6.43. The maximum Gasteiger partial charge on any atom is 0.471 e. The van der Waals surface area contributed by atoms with Crippen molar-refractivity contribution in [3.63, 3.8) is 0 Å². The number of thioether (sulfide) groups is 1. The van der Waals surface area contributed by atoms with Crippen molar-refractivity contribution < 1.29 is 37.0 Å². The number of ether oxygens (including phenoxy) is 2. The molecule has 2 rings (SSSR count). The minimum atomic E-state index is -5.06. The van der Waals surface area contributed by atoms with Crippen molar-refractivity contribution in [2.75, 3.05) is 26.3 Å². The van der Waals surface area contributed by atoms with Gasteiger partial charge in [0.1, 0.15) is 5.92 Å². The quantitative estimate of drug-likeness (QED) is 0.732. The molecule has 0 aromatic carbocycles. The van der Waals surface area contributed by atoms with Gasteiger partial charge in [0, 0.05) is 11.4 Å². The standard InChI is InChI=1S/C15H19F3N2O5S/c1-3-24-12(21)10-8-5-6-20(14(23)25-4-2)7-9(8)26-11(10)19-13(22)15(16,17)18/h10-11H,3-7H2,1-2H3,(H,19,22). The van der Waals surface area contributed by atoms with Gasteiger partial charge in [-0.05, 0) is 25.8 Å². The van der Waals surface area contributed by atoms with E-state index in [0.717, 1.165) is 11.8 Å². The van der Waals surface area contributed by atoms with Gasteiger partial charge in [-0.1, -0.05) is 0 Å². The molecule has 0 spiro atoms. The van der Waals surface area contributed by atoms with Crippen molar-refractivity contribution in [1.29, 1.82) is 0 Å². The number of halogens is 3. The average molecular weight is 396 g/mol. The molecular formula is C15H19F3N2O5S. The lowest BCUT2D eigenvalue weighted by atomic mass is 9.93. The zero-order valence-electron chi connectivity index (χ0n) is 14.2. The molecule has 0 saturated carbocycles. The Bertz CT molecular complexity index is 623. The summed E-state index contributed by atoms with van der Waals surface area (Å²) in [6.07, 6.45) is -5.29. The summed E-state index contributed by atoms with van der Waals surface area (Å²) in [6, 6.07) is 0. The second-order valence-corrected chi connectivity index (χ2v) is 6.79. The highest BCUT2D eigenvalue weighted by Gasteiger charge is 2.48. The summed E-state index contributed by atoms with van der Waals surface area (Å²) in [6.45, 7) is 3.90. The van der Waals surface area contributed by atoms with E-state index in [1.807, 2.05) is 5.32 Å². The minimum Gasteiger partial charge on any atom is -0.465 e. The van der Waals surface area contributed by atoms with E-state index < -0.39 is 35.4 Å². The molecule has 0 saturated heterocycles. The highest BCUT2D eigenvalue weighted by atomic mass is 32.2. The zero-order valence-corrected chi connectivity index (χ0v) is 15.0. The molecule has 0 aromatic rings. The number of nitrogens with one attached hydrogen (secondary N) is 1. The average Bonchev–Trinajstić information content (AvgIpc) is 2.91. The number of hydrogen-bond acceptors (Lipinski definition) is 6. The number of nitrogens with zero attached hydrogens (tertiary/aromatic N) is 1. The maximum absolute atomic E-state index is 12.6. The Morgan fingerprint density at radius 1 is 1.23 bits per heavy atom. The molecule has 7 nitrogen and oxygen atoms in total. The first kappa shape index (κ1) is 20.4. The molecule has 0 fully saturated rings. The summed E-state index contributed by atoms with van der Waals surface area (Å²) in [4.78, 5) is 37.4. The zero-order chi connectivity index (χ0) is 19.5. The number of carbonyl (C=O) groups is 3. The Morgan fingerprint density at radius 2 is 1.88 bits per heavy atom. The number of alkyl halides is 3. The van der Waals surface area contributed by atoms with Crippen LogP contribution in [0.3, 0.4) is 0 Å². The predicted molar refractivity (Wildman–Crippen MR) is 85.9 cm³/mol. The molecule has 146 valence electrons. The van der Waals surface area contributed by atoms with Crippen molar-refractivity contribution in [1.82, 2.24) is 10.2 Å². The molecule has 0 aromatic heterocycles. The molecule has 0 aliphatic carbocycles. The van der Waals surface area contributed by atoms with E-state index in [0.29, 0.717) is 16.9 Å². The Hall–Kier alpha value is -1.91. The van der Waals surface area contributed by atoms with Crippen LogP contribution in [0.5, 0.6) is 0 Å². The normalized spacial score (nSPS) is 22.7. The van der Waals surface area contributed by atoms with Crippen LogP contribution in [0.15, 0.2) is 10.5 Å². The molecule has 1 N–H and O–H groups in total. The summed E-state index contributed by atoms with van der Waals surface area (Å²) < 4.78 is 47.6. The third-order valence-corrected chi connectivity index (χ3v) is 5.21. The van der Waals surface area contributed by atoms with Crippen molar-refractivity contribution in [2.45, 2.75) is 31.8 Å². The van der Waals surface area contributed by atoms with E-state index in [9.17, 15) is 27.6 Å². The van der Waals surface area contributed by atoms with E-state index in [1.54, 1.807) is 13.8 Å². The van der Waals surface area contributed by atoms with Crippen LogP contribution in [0.2, 0.25) is 0 Å². The van der Waals surface area contributed by atoms with Crippen LogP contribution in [-0.2, 0) is 19.1 Å². The van der Waals surface area contributed by atoms with E-state index in [4.69, 9.17) is 9.47 Å². The van der Waals surface area contributed by atoms with E-state index in [1.165, 1.54) is 4.90 Å². The van der Waals surface area contributed by atoms with Crippen LogP contribution in [0.25, 0.3) is 0 Å². The van der Waals surface area contributed by atoms with Crippen LogP contribution < -0.4 is 5.32 Å². The summed E-state index contributed by atoms with van der Waals surface area (Å²) in [7, 11) is 0. The predicted octanol–water partition coefficient (Wildman–Crippen LogP) is 2.03. The highest BCUT2D eigenvalue weighted by molar-refractivity contribution is 8.04. The van der Waals surface area contributed by atoms with Gasteiger partial charge in [-0.3, -0.25) is 9.59 Å². The minimum absolute atomic E-state index is 0.0670. The molecule has 0 bridgehead atoms.